The predicted octanol–water partition coefficient (Wildman–Crippen LogP) is 3.62. The summed E-state index contributed by atoms with van der Waals surface area (Å²) in [6.07, 6.45) is 1.79. The molecule has 0 amide bonds. The number of aromatic nitrogens is 3. The molecule has 0 spiro atoms. The standard InChI is InChI=1S/C21H26N6OS/c1-15-14-29-21(23-15)25-19-8-4-7-17(24-19)18-13-27(10-11-28-18)12-16-6-5-9-22-20(16)26(2)3/h4-9,14,18H,10-13H2,1-3H3,(H,23,24,25)/t18-/m0/s1. The van der Waals surface area contributed by atoms with E-state index in [4.69, 9.17) is 9.72 Å². The number of rotatable bonds is 6. The van der Waals surface area contributed by atoms with Crippen molar-refractivity contribution in [2.24, 2.45) is 0 Å². The Morgan fingerprint density at radius 3 is 2.93 bits per heavy atom. The van der Waals surface area contributed by atoms with Crippen molar-refractivity contribution in [1.29, 1.82) is 0 Å². The third-order valence-electron chi connectivity index (χ3n) is 4.79. The van der Waals surface area contributed by atoms with Gasteiger partial charge >= 0.3 is 0 Å². The Kier molecular flexibility index (Phi) is 6.03. The zero-order valence-electron chi connectivity index (χ0n) is 17.0. The topological polar surface area (TPSA) is 66.4 Å². The molecule has 0 aromatic carbocycles. The number of morpholine rings is 1. The fourth-order valence-corrected chi connectivity index (χ4v) is 4.14. The largest absolute Gasteiger partial charge is 0.369 e. The Bertz CT molecular complexity index is 960. The Morgan fingerprint density at radius 1 is 1.24 bits per heavy atom. The van der Waals surface area contributed by atoms with Gasteiger partial charge in [-0.15, -0.1) is 11.3 Å². The second kappa shape index (κ2) is 8.86. The maximum absolute atomic E-state index is 6.05. The van der Waals surface area contributed by atoms with E-state index >= 15 is 0 Å². The van der Waals surface area contributed by atoms with E-state index in [1.54, 1.807) is 11.3 Å². The molecule has 0 radical (unpaired) electrons. The summed E-state index contributed by atoms with van der Waals surface area (Å²) < 4.78 is 6.05. The van der Waals surface area contributed by atoms with Crippen LogP contribution in [-0.4, -0.2) is 53.6 Å². The monoisotopic (exact) mass is 410 g/mol. The van der Waals surface area contributed by atoms with Crippen LogP contribution in [0.5, 0.6) is 0 Å². The maximum atomic E-state index is 6.05. The molecular formula is C21H26N6OS. The number of pyridine rings is 2. The van der Waals surface area contributed by atoms with Crippen LogP contribution in [0.1, 0.15) is 23.1 Å². The van der Waals surface area contributed by atoms with Crippen molar-refractivity contribution < 1.29 is 4.74 Å². The highest BCUT2D eigenvalue weighted by atomic mass is 32.1. The van der Waals surface area contributed by atoms with Gasteiger partial charge in [-0.2, -0.15) is 0 Å². The van der Waals surface area contributed by atoms with Crippen molar-refractivity contribution in [3.05, 3.63) is 58.9 Å². The second-order valence-corrected chi connectivity index (χ2v) is 8.20. The minimum Gasteiger partial charge on any atom is -0.369 e. The number of aryl methyl sites for hydroxylation is 1. The highest BCUT2D eigenvalue weighted by Crippen LogP contribution is 2.26. The van der Waals surface area contributed by atoms with Crippen LogP contribution >= 0.6 is 11.3 Å². The summed E-state index contributed by atoms with van der Waals surface area (Å²) in [6.45, 7) is 5.22. The van der Waals surface area contributed by atoms with Crippen LogP contribution in [0.2, 0.25) is 0 Å². The fourth-order valence-electron chi connectivity index (χ4n) is 3.44. The van der Waals surface area contributed by atoms with Crippen LogP contribution in [0, 0.1) is 6.92 Å². The second-order valence-electron chi connectivity index (χ2n) is 7.34. The quantitative estimate of drug-likeness (QED) is 0.666. The summed E-state index contributed by atoms with van der Waals surface area (Å²) in [7, 11) is 4.06. The SMILES string of the molecule is Cc1csc(Nc2cccc([C@@H]3CN(Cc4cccnc4N(C)C)CCO3)n2)n1. The fraction of sp³-hybridized carbons (Fsp3) is 0.381. The van der Waals surface area contributed by atoms with Gasteiger partial charge < -0.3 is 15.0 Å². The minimum absolute atomic E-state index is 0.0528. The molecule has 0 saturated carbocycles. The lowest BCUT2D eigenvalue weighted by molar-refractivity contribution is -0.0349. The van der Waals surface area contributed by atoms with Crippen molar-refractivity contribution in [1.82, 2.24) is 19.9 Å². The molecule has 1 atom stereocenters. The van der Waals surface area contributed by atoms with Gasteiger partial charge in [0.25, 0.3) is 0 Å². The Morgan fingerprint density at radius 2 is 2.14 bits per heavy atom. The van der Waals surface area contributed by atoms with E-state index in [1.165, 1.54) is 5.56 Å². The summed E-state index contributed by atoms with van der Waals surface area (Å²) >= 11 is 1.58. The average Bonchev–Trinajstić information content (AvgIpc) is 3.13. The first kappa shape index (κ1) is 19.8. The van der Waals surface area contributed by atoms with Crippen LogP contribution < -0.4 is 10.2 Å². The molecule has 1 aliphatic rings. The maximum Gasteiger partial charge on any atom is 0.188 e. The Balaban J connectivity index is 1.45. The number of nitrogens with one attached hydrogen (secondary N) is 1. The van der Waals surface area contributed by atoms with Crippen LogP contribution in [0.4, 0.5) is 16.8 Å². The molecule has 0 unspecified atom stereocenters. The van der Waals surface area contributed by atoms with Crippen molar-refractivity contribution in [2.75, 3.05) is 44.0 Å². The normalized spacial score (nSPS) is 17.3. The van der Waals surface area contributed by atoms with Gasteiger partial charge in [0.05, 0.1) is 18.0 Å². The number of thiazole rings is 1. The Labute approximate surface area is 175 Å². The van der Waals surface area contributed by atoms with E-state index in [0.29, 0.717) is 6.61 Å². The van der Waals surface area contributed by atoms with Gasteiger partial charge in [0.2, 0.25) is 0 Å². The predicted molar refractivity (Wildman–Crippen MR) is 117 cm³/mol. The lowest BCUT2D eigenvalue weighted by Crippen LogP contribution is -2.38. The molecule has 7 nitrogen and oxygen atoms in total. The van der Waals surface area contributed by atoms with E-state index in [0.717, 1.165) is 47.8 Å². The number of nitrogens with zero attached hydrogens (tertiary/aromatic N) is 5. The van der Waals surface area contributed by atoms with E-state index in [2.05, 4.69) is 31.2 Å². The number of anilines is 3. The van der Waals surface area contributed by atoms with E-state index in [-0.39, 0.29) is 6.10 Å². The zero-order chi connectivity index (χ0) is 20.2. The molecular weight excluding hydrogens is 384 g/mol. The molecule has 1 aliphatic heterocycles. The van der Waals surface area contributed by atoms with Crippen LogP contribution in [0.15, 0.2) is 41.9 Å². The summed E-state index contributed by atoms with van der Waals surface area (Å²) in [5, 5.41) is 6.16. The van der Waals surface area contributed by atoms with Gasteiger partial charge in [-0.1, -0.05) is 12.1 Å². The van der Waals surface area contributed by atoms with Gasteiger partial charge in [-0.05, 0) is 25.1 Å². The molecule has 4 heterocycles. The summed E-state index contributed by atoms with van der Waals surface area (Å²) in [6, 6.07) is 10.1. The molecule has 152 valence electrons. The Hall–Kier alpha value is -2.55. The smallest absolute Gasteiger partial charge is 0.188 e. The van der Waals surface area contributed by atoms with Crippen LogP contribution in [0.25, 0.3) is 0 Å². The third-order valence-corrected chi connectivity index (χ3v) is 5.67. The number of hydrogen-bond donors (Lipinski definition) is 1. The molecule has 0 bridgehead atoms. The molecule has 1 N–H and O–H groups in total. The van der Waals surface area contributed by atoms with Gasteiger partial charge in [-0.25, -0.2) is 15.0 Å². The molecule has 29 heavy (non-hydrogen) atoms. The lowest BCUT2D eigenvalue weighted by atomic mass is 10.1. The zero-order valence-corrected chi connectivity index (χ0v) is 17.8. The van der Waals surface area contributed by atoms with E-state index in [9.17, 15) is 0 Å². The first-order chi connectivity index (χ1) is 14.1. The highest BCUT2D eigenvalue weighted by Gasteiger charge is 2.24. The van der Waals surface area contributed by atoms with Crippen LogP contribution in [-0.2, 0) is 11.3 Å². The number of ether oxygens (including phenoxy) is 1. The van der Waals surface area contributed by atoms with Gasteiger partial charge in [0.15, 0.2) is 5.13 Å². The lowest BCUT2D eigenvalue weighted by Gasteiger charge is -2.33. The van der Waals surface area contributed by atoms with Crippen molar-refractivity contribution >= 4 is 28.1 Å². The van der Waals surface area contributed by atoms with E-state index in [1.807, 2.05) is 56.9 Å². The molecule has 1 saturated heterocycles. The summed E-state index contributed by atoms with van der Waals surface area (Å²) in [5.41, 5.74) is 3.17. The van der Waals surface area contributed by atoms with Gasteiger partial charge in [-0.3, -0.25) is 4.90 Å². The third kappa shape index (κ3) is 4.90. The van der Waals surface area contributed by atoms with E-state index < -0.39 is 0 Å². The van der Waals surface area contributed by atoms with Crippen molar-refractivity contribution in [3.8, 4) is 0 Å². The van der Waals surface area contributed by atoms with Crippen molar-refractivity contribution in [3.63, 3.8) is 0 Å². The highest BCUT2D eigenvalue weighted by molar-refractivity contribution is 7.13. The van der Waals surface area contributed by atoms with Crippen LogP contribution in [0.3, 0.4) is 0 Å². The molecule has 0 aliphatic carbocycles. The average molecular weight is 411 g/mol. The van der Waals surface area contributed by atoms with Crippen molar-refractivity contribution in [2.45, 2.75) is 19.6 Å². The first-order valence-corrected chi connectivity index (χ1v) is 10.6. The van der Waals surface area contributed by atoms with Gasteiger partial charge in [0, 0.05) is 50.9 Å². The molecule has 8 heteroatoms. The summed E-state index contributed by atoms with van der Waals surface area (Å²) in [4.78, 5) is 18.2. The molecule has 3 aromatic rings. The summed E-state index contributed by atoms with van der Waals surface area (Å²) in [5.74, 6) is 1.80. The molecule has 1 fully saturated rings. The minimum atomic E-state index is -0.0528. The number of hydrogen-bond acceptors (Lipinski definition) is 8. The van der Waals surface area contributed by atoms with Gasteiger partial charge in [0.1, 0.15) is 17.7 Å². The first-order valence-electron chi connectivity index (χ1n) is 9.70. The molecule has 3 aromatic heterocycles. The molecule has 4 rings (SSSR count).